The molecule has 157 valence electrons. The molecule has 1 fully saturated rings. The van der Waals surface area contributed by atoms with Gasteiger partial charge in [0, 0.05) is 0 Å². The van der Waals surface area contributed by atoms with Crippen LogP contribution in [0.3, 0.4) is 0 Å². The second kappa shape index (κ2) is 12.5. The van der Waals surface area contributed by atoms with Crippen molar-refractivity contribution in [2.75, 3.05) is 5.75 Å². The SMILES string of the molecule is [B]=C[C@@H]1CC(O)[C@H](C/C=C\CCCC(=O)O)[C@H]1/C=C/[C@@H](O)CSc1ccc(C)s1. The molecule has 0 spiro atoms. The summed E-state index contributed by atoms with van der Waals surface area (Å²) < 4.78 is 1.20. The van der Waals surface area contributed by atoms with Crippen LogP contribution in [0.15, 0.2) is 40.6 Å². The molecule has 1 unspecified atom stereocenters. The van der Waals surface area contributed by atoms with E-state index in [9.17, 15) is 15.0 Å². The Labute approximate surface area is 182 Å². The molecule has 7 heteroatoms. The van der Waals surface area contributed by atoms with Crippen molar-refractivity contribution in [3.8, 4) is 0 Å². The minimum absolute atomic E-state index is 0.0478. The van der Waals surface area contributed by atoms with Crippen molar-refractivity contribution in [3.63, 3.8) is 0 Å². The predicted molar refractivity (Wildman–Crippen MR) is 123 cm³/mol. The second-order valence-electron chi connectivity index (χ2n) is 7.52. The monoisotopic (exact) mass is 433 g/mol. The van der Waals surface area contributed by atoms with E-state index in [-0.39, 0.29) is 24.2 Å². The average molecular weight is 433 g/mol. The standard InChI is InChI=1S/C22H30BO4S2/c1-15-8-11-22(29-15)28-14-17(24)9-10-18-16(13-23)12-20(25)19(18)6-4-2-3-5-7-21(26)27/h2,4,8-11,13,16-20,24-25H,3,5-7,12,14H2,1H3,(H,26,27)/b4-2-,10-9+/t16-,17+,18-,19+,20?/m0/s1. The maximum absolute atomic E-state index is 10.5. The molecule has 0 amide bonds. The van der Waals surface area contributed by atoms with Gasteiger partial charge in [-0.2, -0.15) is 0 Å². The van der Waals surface area contributed by atoms with E-state index in [0.29, 0.717) is 25.0 Å². The molecule has 1 aliphatic rings. The third-order valence-electron chi connectivity index (χ3n) is 5.25. The molecule has 2 rings (SSSR count). The Morgan fingerprint density at radius 3 is 2.86 bits per heavy atom. The first-order valence-corrected chi connectivity index (χ1v) is 11.9. The van der Waals surface area contributed by atoms with Crippen LogP contribution in [0.2, 0.25) is 0 Å². The zero-order chi connectivity index (χ0) is 21.2. The summed E-state index contributed by atoms with van der Waals surface area (Å²) >= 11 is 3.37. The van der Waals surface area contributed by atoms with Crippen LogP contribution in [-0.4, -0.2) is 52.7 Å². The van der Waals surface area contributed by atoms with Gasteiger partial charge in [0.05, 0.1) is 0 Å². The quantitative estimate of drug-likeness (QED) is 0.202. The number of carboxylic acids is 1. The molecule has 0 bridgehead atoms. The summed E-state index contributed by atoms with van der Waals surface area (Å²) in [7, 11) is 5.81. The normalized spacial score (nSPS) is 25.7. The summed E-state index contributed by atoms with van der Waals surface area (Å²) in [5.74, 6) is 1.70. The van der Waals surface area contributed by atoms with Crippen LogP contribution in [0.25, 0.3) is 0 Å². The van der Waals surface area contributed by atoms with E-state index in [1.807, 2.05) is 24.3 Å². The fourth-order valence-corrected chi connectivity index (χ4v) is 5.74. The summed E-state index contributed by atoms with van der Waals surface area (Å²) in [5.41, 5.74) is 0. The number of thiophene rings is 1. The van der Waals surface area contributed by atoms with Crippen molar-refractivity contribution in [1.82, 2.24) is 0 Å². The zero-order valence-electron chi connectivity index (χ0n) is 16.8. The Bertz CT molecular complexity index is 715. The van der Waals surface area contributed by atoms with Crippen LogP contribution in [0.5, 0.6) is 0 Å². The molecule has 0 aromatic carbocycles. The summed E-state index contributed by atoms with van der Waals surface area (Å²) in [6, 6.07) is 4.16. The van der Waals surface area contributed by atoms with Crippen LogP contribution in [0.4, 0.5) is 0 Å². The number of aliphatic hydroxyl groups is 2. The predicted octanol–water partition coefficient (Wildman–Crippen LogP) is 3.85. The van der Waals surface area contributed by atoms with Gasteiger partial charge in [0.2, 0.25) is 0 Å². The van der Waals surface area contributed by atoms with Gasteiger partial charge in [0.1, 0.15) is 0 Å². The first-order valence-electron chi connectivity index (χ1n) is 10.1. The molecule has 1 heterocycles. The van der Waals surface area contributed by atoms with Crippen molar-refractivity contribution >= 4 is 42.5 Å². The van der Waals surface area contributed by atoms with Gasteiger partial charge in [0.25, 0.3) is 0 Å². The maximum atomic E-state index is 10.5. The van der Waals surface area contributed by atoms with Crippen molar-refractivity contribution in [1.29, 1.82) is 0 Å². The van der Waals surface area contributed by atoms with E-state index in [1.165, 1.54) is 9.09 Å². The van der Waals surface area contributed by atoms with Gasteiger partial charge in [-0.3, -0.25) is 0 Å². The Kier molecular flexibility index (Phi) is 10.4. The summed E-state index contributed by atoms with van der Waals surface area (Å²) in [4.78, 5) is 11.8. The van der Waals surface area contributed by atoms with Crippen LogP contribution < -0.4 is 0 Å². The minimum atomic E-state index is -0.776. The fourth-order valence-electron chi connectivity index (χ4n) is 3.70. The van der Waals surface area contributed by atoms with Crippen LogP contribution in [0.1, 0.15) is 37.0 Å². The zero-order valence-corrected chi connectivity index (χ0v) is 18.4. The number of hydrogen-bond donors (Lipinski definition) is 3. The molecule has 3 N–H and O–H groups in total. The van der Waals surface area contributed by atoms with Gasteiger partial charge in [-0.05, 0) is 0 Å². The van der Waals surface area contributed by atoms with E-state index in [2.05, 4.69) is 19.1 Å². The summed E-state index contributed by atoms with van der Waals surface area (Å²) in [5, 5.41) is 29.5. The van der Waals surface area contributed by atoms with Crippen molar-refractivity contribution in [2.24, 2.45) is 17.8 Å². The van der Waals surface area contributed by atoms with Crippen LogP contribution in [0, 0.1) is 24.7 Å². The molecule has 1 saturated carbocycles. The van der Waals surface area contributed by atoms with Crippen LogP contribution >= 0.6 is 23.1 Å². The number of allylic oxidation sites excluding steroid dienone is 3. The van der Waals surface area contributed by atoms with Crippen molar-refractivity contribution in [2.45, 2.75) is 55.4 Å². The van der Waals surface area contributed by atoms with Gasteiger partial charge in [-0.25, -0.2) is 0 Å². The number of thioether (sulfide) groups is 1. The first-order chi connectivity index (χ1) is 13.9. The van der Waals surface area contributed by atoms with Gasteiger partial charge >= 0.3 is 183 Å². The van der Waals surface area contributed by atoms with Crippen molar-refractivity contribution < 1.29 is 20.1 Å². The molecule has 1 radical (unpaired) electrons. The molecule has 1 aliphatic carbocycles. The number of aliphatic carboxylic acids is 1. The van der Waals surface area contributed by atoms with E-state index >= 15 is 0 Å². The van der Waals surface area contributed by atoms with E-state index < -0.39 is 18.2 Å². The third kappa shape index (κ3) is 8.25. The molecule has 1 aromatic rings. The Morgan fingerprint density at radius 1 is 1.41 bits per heavy atom. The average Bonchev–Trinajstić information content (AvgIpc) is 3.23. The number of carboxylic acid groups (broad SMARTS) is 1. The number of rotatable bonds is 12. The molecule has 4 nitrogen and oxygen atoms in total. The summed E-state index contributed by atoms with van der Waals surface area (Å²) in [6.45, 7) is 2.07. The summed E-state index contributed by atoms with van der Waals surface area (Å²) in [6.07, 6.45) is 9.74. The molecule has 5 atom stereocenters. The molecular formula is C22H30BO4S2. The topological polar surface area (TPSA) is 77.8 Å². The number of aliphatic hydroxyl groups excluding tert-OH is 2. The molecule has 29 heavy (non-hydrogen) atoms. The first kappa shape index (κ1) is 24.1. The van der Waals surface area contributed by atoms with Gasteiger partial charge < -0.3 is 0 Å². The Hall–Kier alpha value is -1.15. The van der Waals surface area contributed by atoms with E-state index in [4.69, 9.17) is 12.6 Å². The Morgan fingerprint density at radius 2 is 2.21 bits per heavy atom. The molecule has 1 aromatic heterocycles. The fraction of sp³-hybridized carbons (Fsp3) is 0.545. The second-order valence-corrected chi connectivity index (χ2v) is 10.1. The van der Waals surface area contributed by atoms with E-state index in [1.54, 1.807) is 29.1 Å². The number of hydrogen-bond acceptors (Lipinski definition) is 5. The number of unbranched alkanes of at least 4 members (excludes halogenated alkanes) is 1. The van der Waals surface area contributed by atoms with E-state index in [0.717, 1.165) is 6.42 Å². The number of aryl methyl sites for hydroxylation is 1. The molecule has 0 aliphatic heterocycles. The van der Waals surface area contributed by atoms with Gasteiger partial charge in [-0.15, -0.1) is 0 Å². The third-order valence-corrected chi connectivity index (χ3v) is 7.58. The van der Waals surface area contributed by atoms with Gasteiger partial charge in [-0.1, -0.05) is 0 Å². The molecule has 0 saturated heterocycles. The molecular weight excluding hydrogens is 403 g/mol. The van der Waals surface area contributed by atoms with Crippen LogP contribution in [-0.2, 0) is 4.79 Å². The Balaban J connectivity index is 1.87. The van der Waals surface area contributed by atoms with Crippen molar-refractivity contribution in [3.05, 3.63) is 41.3 Å². The van der Waals surface area contributed by atoms with Gasteiger partial charge in [0.15, 0.2) is 0 Å². The number of carbonyl (C=O) groups is 1.